The van der Waals surface area contributed by atoms with Crippen LogP contribution in [0.15, 0.2) is 42.5 Å². The molecule has 0 saturated heterocycles. The Morgan fingerprint density at radius 1 is 1.12 bits per heavy atom. The molecule has 132 valence electrons. The van der Waals surface area contributed by atoms with E-state index < -0.39 is 17.9 Å². The Hall–Kier alpha value is -3.09. The molecule has 0 aliphatic rings. The van der Waals surface area contributed by atoms with Crippen LogP contribution in [-0.2, 0) is 14.3 Å². The van der Waals surface area contributed by atoms with Gasteiger partial charge in [-0.15, -0.1) is 0 Å². The van der Waals surface area contributed by atoms with Gasteiger partial charge in [0.1, 0.15) is 0 Å². The van der Waals surface area contributed by atoms with E-state index in [1.54, 1.807) is 0 Å². The highest BCUT2D eigenvalue weighted by Crippen LogP contribution is 2.23. The van der Waals surface area contributed by atoms with E-state index >= 15 is 0 Å². The molecule has 25 heavy (non-hydrogen) atoms. The van der Waals surface area contributed by atoms with Gasteiger partial charge in [-0.25, -0.2) is 4.79 Å². The molecule has 0 saturated carbocycles. The van der Waals surface area contributed by atoms with Crippen molar-refractivity contribution in [3.8, 4) is 0 Å². The minimum Gasteiger partial charge on any atom is -0.456 e. The van der Waals surface area contributed by atoms with Gasteiger partial charge in [0.2, 0.25) is 0 Å². The molecular formula is C18H21N3O4. The molecule has 0 aliphatic heterocycles. The smallest absolute Gasteiger partial charge is 0.312 e. The van der Waals surface area contributed by atoms with Crippen LogP contribution < -0.4 is 16.4 Å². The fourth-order valence-electron chi connectivity index (χ4n) is 2.49. The molecule has 2 aromatic carbocycles. The Labute approximate surface area is 145 Å². The normalized spacial score (nSPS) is 11.6. The fraction of sp³-hybridized carbons (Fsp3) is 0.278. The summed E-state index contributed by atoms with van der Waals surface area (Å²) in [5.74, 6) is -0.974. The van der Waals surface area contributed by atoms with E-state index in [9.17, 15) is 14.4 Å². The number of urea groups is 1. The maximum Gasteiger partial charge on any atom is 0.312 e. The van der Waals surface area contributed by atoms with Gasteiger partial charge in [0, 0.05) is 6.54 Å². The molecule has 0 heterocycles. The van der Waals surface area contributed by atoms with Gasteiger partial charge in [-0.2, -0.15) is 0 Å². The summed E-state index contributed by atoms with van der Waals surface area (Å²) in [6, 6.07) is 12.9. The lowest BCUT2D eigenvalue weighted by atomic mass is 10.00. The lowest BCUT2D eigenvalue weighted by molar-refractivity contribution is -0.148. The highest BCUT2D eigenvalue weighted by Gasteiger charge is 2.14. The fourth-order valence-corrected chi connectivity index (χ4v) is 2.49. The Morgan fingerprint density at radius 2 is 1.84 bits per heavy atom. The van der Waals surface area contributed by atoms with E-state index in [2.05, 4.69) is 10.6 Å². The first kappa shape index (κ1) is 18.3. The number of hydrogen-bond donors (Lipinski definition) is 3. The van der Waals surface area contributed by atoms with E-state index in [0.29, 0.717) is 0 Å². The lowest BCUT2D eigenvalue weighted by Gasteiger charge is -2.16. The Kier molecular flexibility index (Phi) is 6.33. The number of nitrogens with one attached hydrogen (secondary N) is 2. The van der Waals surface area contributed by atoms with Crippen LogP contribution in [0.1, 0.15) is 24.9 Å². The number of carbonyl (C=O) groups is 3. The van der Waals surface area contributed by atoms with Crippen LogP contribution in [0.4, 0.5) is 4.79 Å². The van der Waals surface area contributed by atoms with E-state index in [4.69, 9.17) is 10.5 Å². The van der Waals surface area contributed by atoms with Gasteiger partial charge in [-0.1, -0.05) is 42.5 Å². The molecule has 1 atom stereocenters. The maximum atomic E-state index is 12.0. The summed E-state index contributed by atoms with van der Waals surface area (Å²) in [7, 11) is 0. The first-order valence-electron chi connectivity index (χ1n) is 7.93. The van der Waals surface area contributed by atoms with Crippen LogP contribution in [-0.4, -0.2) is 31.1 Å². The standard InChI is InChI=1S/C18H21N3O4/c1-12(14-8-4-6-13-5-2-3-7-15(13)14)21-16(22)11-25-17(23)9-10-20-18(19)24/h2-8,12H,9-11H2,1H3,(H,21,22)(H3,19,20,24)/t12-/m0/s1. The molecule has 0 spiro atoms. The van der Waals surface area contributed by atoms with Crippen molar-refractivity contribution >= 4 is 28.7 Å². The molecule has 0 fully saturated rings. The van der Waals surface area contributed by atoms with Crippen molar-refractivity contribution in [1.82, 2.24) is 10.6 Å². The average molecular weight is 343 g/mol. The van der Waals surface area contributed by atoms with Crippen LogP contribution in [0.3, 0.4) is 0 Å². The summed E-state index contributed by atoms with van der Waals surface area (Å²) in [6.45, 7) is 1.57. The van der Waals surface area contributed by atoms with Crippen molar-refractivity contribution in [1.29, 1.82) is 0 Å². The van der Waals surface area contributed by atoms with Crippen LogP contribution in [0.25, 0.3) is 10.8 Å². The summed E-state index contributed by atoms with van der Waals surface area (Å²) in [5.41, 5.74) is 5.87. The van der Waals surface area contributed by atoms with Crippen molar-refractivity contribution < 1.29 is 19.1 Å². The largest absolute Gasteiger partial charge is 0.456 e. The molecule has 7 nitrogen and oxygen atoms in total. The second kappa shape index (κ2) is 8.68. The van der Waals surface area contributed by atoms with Gasteiger partial charge >= 0.3 is 12.0 Å². The van der Waals surface area contributed by atoms with Gasteiger partial charge in [0.05, 0.1) is 12.5 Å². The maximum absolute atomic E-state index is 12.0. The number of esters is 1. The monoisotopic (exact) mass is 343 g/mol. The predicted octanol–water partition coefficient (Wildman–Crippen LogP) is 1.62. The van der Waals surface area contributed by atoms with Crippen LogP contribution >= 0.6 is 0 Å². The van der Waals surface area contributed by atoms with E-state index in [1.807, 2.05) is 49.4 Å². The second-order valence-electron chi connectivity index (χ2n) is 5.56. The molecular weight excluding hydrogens is 322 g/mol. The van der Waals surface area contributed by atoms with Gasteiger partial charge in [-0.05, 0) is 23.3 Å². The molecule has 7 heteroatoms. The zero-order valence-corrected chi connectivity index (χ0v) is 14.0. The molecule has 3 amide bonds. The number of ether oxygens (including phenoxy) is 1. The summed E-state index contributed by atoms with van der Waals surface area (Å²) >= 11 is 0. The Bertz CT molecular complexity index is 771. The number of benzene rings is 2. The number of nitrogens with two attached hydrogens (primary N) is 1. The lowest BCUT2D eigenvalue weighted by Crippen LogP contribution is -2.33. The van der Waals surface area contributed by atoms with Crippen LogP contribution in [0, 0.1) is 0 Å². The summed E-state index contributed by atoms with van der Waals surface area (Å²) < 4.78 is 4.87. The van der Waals surface area contributed by atoms with Crippen molar-refractivity contribution in [2.24, 2.45) is 5.73 Å². The number of rotatable bonds is 7. The first-order chi connectivity index (χ1) is 12.0. The number of carbonyl (C=O) groups excluding carboxylic acids is 3. The van der Waals surface area contributed by atoms with Gasteiger partial charge in [0.25, 0.3) is 5.91 Å². The molecule has 4 N–H and O–H groups in total. The third kappa shape index (κ3) is 5.49. The average Bonchev–Trinajstić information content (AvgIpc) is 2.59. The van der Waals surface area contributed by atoms with Gasteiger partial charge in [-0.3, -0.25) is 9.59 Å². The summed E-state index contributed by atoms with van der Waals surface area (Å²) in [6.07, 6.45) is -0.0465. The molecule has 0 radical (unpaired) electrons. The second-order valence-corrected chi connectivity index (χ2v) is 5.56. The molecule has 0 bridgehead atoms. The molecule has 0 unspecified atom stereocenters. The number of fused-ring (bicyclic) bond motifs is 1. The van der Waals surface area contributed by atoms with E-state index in [1.165, 1.54) is 0 Å². The van der Waals surface area contributed by atoms with Crippen molar-refractivity contribution in [3.63, 3.8) is 0 Å². The third-order valence-corrected chi connectivity index (χ3v) is 3.66. The Morgan fingerprint density at radius 3 is 2.60 bits per heavy atom. The van der Waals surface area contributed by atoms with Crippen molar-refractivity contribution in [3.05, 3.63) is 48.0 Å². The molecule has 0 aliphatic carbocycles. The van der Waals surface area contributed by atoms with Crippen LogP contribution in [0.2, 0.25) is 0 Å². The quantitative estimate of drug-likeness (QED) is 0.663. The third-order valence-electron chi connectivity index (χ3n) is 3.66. The number of primary amides is 1. The minimum absolute atomic E-state index is 0.0465. The molecule has 2 rings (SSSR count). The number of amides is 3. The SMILES string of the molecule is C[C@H](NC(=O)COC(=O)CCNC(N)=O)c1cccc2ccccc12. The highest BCUT2D eigenvalue weighted by molar-refractivity contribution is 5.87. The molecule has 2 aromatic rings. The zero-order valence-electron chi connectivity index (χ0n) is 14.0. The van der Waals surface area contributed by atoms with Crippen molar-refractivity contribution in [2.75, 3.05) is 13.2 Å². The minimum atomic E-state index is -0.713. The first-order valence-corrected chi connectivity index (χ1v) is 7.93. The molecule has 0 aromatic heterocycles. The van der Waals surface area contributed by atoms with Crippen LogP contribution in [0.5, 0.6) is 0 Å². The number of hydrogen-bond acceptors (Lipinski definition) is 4. The van der Waals surface area contributed by atoms with E-state index in [0.717, 1.165) is 16.3 Å². The summed E-state index contributed by atoms with van der Waals surface area (Å²) in [4.78, 5) is 33.9. The topological polar surface area (TPSA) is 111 Å². The Balaban J connectivity index is 1.85. The zero-order chi connectivity index (χ0) is 18.2. The summed E-state index contributed by atoms with van der Waals surface area (Å²) in [5, 5.41) is 7.24. The highest BCUT2D eigenvalue weighted by atomic mass is 16.5. The van der Waals surface area contributed by atoms with Gasteiger partial charge < -0.3 is 21.1 Å². The van der Waals surface area contributed by atoms with Gasteiger partial charge in [0.15, 0.2) is 6.61 Å². The van der Waals surface area contributed by atoms with E-state index in [-0.39, 0.29) is 25.6 Å². The van der Waals surface area contributed by atoms with Crippen molar-refractivity contribution in [2.45, 2.75) is 19.4 Å². The predicted molar refractivity (Wildman–Crippen MR) is 93.7 cm³/mol.